The first kappa shape index (κ1) is 20.6. The molecule has 6 heteroatoms. The highest BCUT2D eigenvalue weighted by atomic mass is 19.1. The number of carbonyl (C=O) groups excluding carboxylic acids is 1. The minimum absolute atomic E-state index is 0.00312. The van der Waals surface area contributed by atoms with Crippen molar-refractivity contribution >= 4 is 17.3 Å². The van der Waals surface area contributed by atoms with E-state index in [1.165, 1.54) is 0 Å². The Bertz CT molecular complexity index is 646. The summed E-state index contributed by atoms with van der Waals surface area (Å²) in [5.41, 5.74) is 0.590. The Balaban J connectivity index is 2.31. The van der Waals surface area contributed by atoms with Crippen LogP contribution in [0.5, 0.6) is 0 Å². The average molecular weight is 368 g/mol. The number of halogens is 2. The van der Waals surface area contributed by atoms with Crippen LogP contribution in [0, 0.1) is 30.9 Å². The summed E-state index contributed by atoms with van der Waals surface area (Å²) in [7, 11) is 1.66. The van der Waals surface area contributed by atoms with Gasteiger partial charge in [-0.2, -0.15) is 0 Å². The standard InChI is InChI=1S/C20H30F2N2O2/c1-12-16(21)19(24-9-7-14(26-6)8-10-24)17(22)13(2)18(12)23-15(25)11-20(3,4)5/h14H,7-11H2,1-6H3,(H,23,25). The van der Waals surface area contributed by atoms with Crippen LogP contribution in [0.3, 0.4) is 0 Å². The van der Waals surface area contributed by atoms with Crippen LogP contribution in [0.25, 0.3) is 0 Å². The molecule has 1 N–H and O–H groups in total. The molecule has 2 rings (SSSR count). The SMILES string of the molecule is COC1CCN(c2c(F)c(C)c(NC(=O)CC(C)(C)C)c(C)c2F)CC1. The van der Waals surface area contributed by atoms with Crippen LogP contribution in [-0.4, -0.2) is 32.2 Å². The zero-order valence-corrected chi connectivity index (χ0v) is 16.6. The molecule has 0 radical (unpaired) electrons. The zero-order chi connectivity index (χ0) is 19.6. The lowest BCUT2D eigenvalue weighted by Gasteiger charge is -2.34. The number of anilines is 2. The maximum atomic E-state index is 15.0. The number of nitrogens with zero attached hydrogens (tertiary/aromatic N) is 1. The number of methoxy groups -OCH3 is 1. The summed E-state index contributed by atoms with van der Waals surface area (Å²) in [4.78, 5) is 14.0. The largest absolute Gasteiger partial charge is 0.381 e. The first-order valence-electron chi connectivity index (χ1n) is 9.11. The molecular weight excluding hydrogens is 338 g/mol. The summed E-state index contributed by atoms with van der Waals surface area (Å²) >= 11 is 0. The van der Waals surface area contributed by atoms with Gasteiger partial charge in [-0.3, -0.25) is 4.79 Å². The number of rotatable bonds is 4. The third-order valence-corrected chi connectivity index (χ3v) is 4.87. The average Bonchev–Trinajstić information content (AvgIpc) is 2.56. The fourth-order valence-corrected chi connectivity index (χ4v) is 3.40. The van der Waals surface area contributed by atoms with Crippen LogP contribution in [0.4, 0.5) is 20.2 Å². The predicted octanol–water partition coefficient (Wildman–Crippen LogP) is 4.57. The van der Waals surface area contributed by atoms with Crippen molar-refractivity contribution in [2.75, 3.05) is 30.4 Å². The lowest BCUT2D eigenvalue weighted by atomic mass is 9.91. The van der Waals surface area contributed by atoms with Gasteiger partial charge in [0, 0.05) is 37.7 Å². The van der Waals surface area contributed by atoms with Crippen LogP contribution >= 0.6 is 0 Å². The van der Waals surface area contributed by atoms with Gasteiger partial charge in [-0.1, -0.05) is 20.8 Å². The molecule has 1 aromatic carbocycles. The van der Waals surface area contributed by atoms with Crippen LogP contribution in [0.2, 0.25) is 0 Å². The number of amides is 1. The molecule has 4 nitrogen and oxygen atoms in total. The van der Waals surface area contributed by atoms with Gasteiger partial charge in [-0.25, -0.2) is 8.78 Å². The highest BCUT2D eigenvalue weighted by Gasteiger charge is 2.28. The maximum absolute atomic E-state index is 15.0. The quantitative estimate of drug-likeness (QED) is 0.846. The fraction of sp³-hybridized carbons (Fsp3) is 0.650. The fourth-order valence-electron chi connectivity index (χ4n) is 3.40. The normalized spacial score (nSPS) is 16.1. The van der Waals surface area contributed by atoms with Gasteiger partial charge in [-0.05, 0) is 32.1 Å². The molecule has 26 heavy (non-hydrogen) atoms. The highest BCUT2D eigenvalue weighted by Crippen LogP contribution is 2.36. The van der Waals surface area contributed by atoms with Gasteiger partial charge >= 0.3 is 0 Å². The van der Waals surface area contributed by atoms with Gasteiger partial charge in [0.05, 0.1) is 11.8 Å². The van der Waals surface area contributed by atoms with Gasteiger partial charge in [-0.15, -0.1) is 0 Å². The second-order valence-electron chi connectivity index (χ2n) is 8.31. The number of piperidine rings is 1. The molecule has 0 saturated carbocycles. The smallest absolute Gasteiger partial charge is 0.224 e. The van der Waals surface area contributed by atoms with E-state index in [2.05, 4.69) is 5.32 Å². The first-order chi connectivity index (χ1) is 12.0. The van der Waals surface area contributed by atoms with Crippen molar-refractivity contribution in [1.82, 2.24) is 0 Å². The summed E-state index contributed by atoms with van der Waals surface area (Å²) in [6.45, 7) is 10.1. The van der Waals surface area contributed by atoms with Gasteiger partial charge in [0.25, 0.3) is 0 Å². The molecule has 0 aliphatic carbocycles. The number of benzene rings is 1. The van der Waals surface area contributed by atoms with E-state index < -0.39 is 11.6 Å². The molecule has 0 spiro atoms. The number of hydrogen-bond acceptors (Lipinski definition) is 3. The molecule has 1 saturated heterocycles. The third kappa shape index (κ3) is 4.53. The second kappa shape index (κ2) is 7.91. The van der Waals surface area contributed by atoms with E-state index >= 15 is 0 Å². The lowest BCUT2D eigenvalue weighted by Crippen LogP contribution is -2.38. The van der Waals surface area contributed by atoms with E-state index in [1.54, 1.807) is 25.9 Å². The zero-order valence-electron chi connectivity index (χ0n) is 16.6. The van der Waals surface area contributed by atoms with E-state index in [4.69, 9.17) is 4.74 Å². The maximum Gasteiger partial charge on any atom is 0.224 e. The predicted molar refractivity (Wildman–Crippen MR) is 101 cm³/mol. The first-order valence-corrected chi connectivity index (χ1v) is 9.11. The van der Waals surface area contributed by atoms with Crippen molar-refractivity contribution in [2.45, 2.75) is 60.0 Å². The van der Waals surface area contributed by atoms with Crippen molar-refractivity contribution < 1.29 is 18.3 Å². The van der Waals surface area contributed by atoms with Gasteiger partial charge < -0.3 is 15.0 Å². The molecule has 0 unspecified atom stereocenters. The lowest BCUT2D eigenvalue weighted by molar-refractivity contribution is -0.117. The van der Waals surface area contributed by atoms with Crippen molar-refractivity contribution in [3.63, 3.8) is 0 Å². The van der Waals surface area contributed by atoms with E-state index in [0.29, 0.717) is 13.1 Å². The van der Waals surface area contributed by atoms with E-state index in [9.17, 15) is 13.6 Å². The summed E-state index contributed by atoms with van der Waals surface area (Å²) in [5, 5.41) is 2.71. The van der Waals surface area contributed by atoms with E-state index in [-0.39, 0.29) is 46.3 Å². The molecule has 1 aromatic rings. The van der Waals surface area contributed by atoms with Crippen LogP contribution in [0.1, 0.15) is 51.2 Å². The summed E-state index contributed by atoms with van der Waals surface area (Å²) in [6, 6.07) is 0. The van der Waals surface area contributed by atoms with Crippen LogP contribution in [-0.2, 0) is 9.53 Å². The molecule has 0 bridgehead atoms. The van der Waals surface area contributed by atoms with Crippen LogP contribution in [0.15, 0.2) is 0 Å². The third-order valence-electron chi connectivity index (χ3n) is 4.87. The molecule has 0 atom stereocenters. The number of nitrogens with one attached hydrogen (secondary N) is 1. The van der Waals surface area contributed by atoms with Crippen molar-refractivity contribution in [1.29, 1.82) is 0 Å². The van der Waals surface area contributed by atoms with Crippen molar-refractivity contribution in [2.24, 2.45) is 5.41 Å². The molecule has 0 aromatic heterocycles. The summed E-state index contributed by atoms with van der Waals surface area (Å²) in [6.07, 6.45) is 1.88. The molecule has 1 amide bonds. The Kier molecular flexibility index (Phi) is 6.27. The molecule has 1 fully saturated rings. The molecule has 1 heterocycles. The Morgan fingerprint density at radius 1 is 1.15 bits per heavy atom. The van der Waals surface area contributed by atoms with E-state index in [0.717, 1.165) is 12.8 Å². The second-order valence-corrected chi connectivity index (χ2v) is 8.31. The highest BCUT2D eigenvalue weighted by molar-refractivity contribution is 5.93. The minimum atomic E-state index is -0.602. The van der Waals surface area contributed by atoms with Crippen molar-refractivity contribution in [3.05, 3.63) is 22.8 Å². The van der Waals surface area contributed by atoms with E-state index in [1.807, 2.05) is 20.8 Å². The topological polar surface area (TPSA) is 41.6 Å². The number of hydrogen-bond donors (Lipinski definition) is 1. The molecular formula is C20H30F2N2O2. The number of carbonyl (C=O) groups is 1. The van der Waals surface area contributed by atoms with Gasteiger partial charge in [0.2, 0.25) is 5.91 Å². The Morgan fingerprint density at radius 3 is 2.08 bits per heavy atom. The van der Waals surface area contributed by atoms with Crippen molar-refractivity contribution in [3.8, 4) is 0 Å². The summed E-state index contributed by atoms with van der Waals surface area (Å²) in [5.74, 6) is -1.44. The monoisotopic (exact) mass is 368 g/mol. The Morgan fingerprint density at radius 2 is 1.65 bits per heavy atom. The summed E-state index contributed by atoms with van der Waals surface area (Å²) < 4.78 is 35.3. The molecule has 1 aliphatic rings. The Hall–Kier alpha value is -1.69. The van der Waals surface area contributed by atoms with Crippen LogP contribution < -0.4 is 10.2 Å². The van der Waals surface area contributed by atoms with Gasteiger partial charge in [0.15, 0.2) is 11.6 Å². The molecule has 146 valence electrons. The Labute approximate surface area is 154 Å². The molecule has 1 aliphatic heterocycles. The van der Waals surface area contributed by atoms with Gasteiger partial charge in [0.1, 0.15) is 5.69 Å². The number of ether oxygens (including phenoxy) is 1. The minimum Gasteiger partial charge on any atom is -0.381 e.